The Hall–Kier alpha value is -0.190. The predicted molar refractivity (Wildman–Crippen MR) is 59.1 cm³/mol. The second-order valence-electron chi connectivity index (χ2n) is 2.89. The van der Waals surface area contributed by atoms with E-state index in [1.807, 2.05) is 6.92 Å². The molecule has 80 valence electrons. The van der Waals surface area contributed by atoms with Crippen LogP contribution in [0.1, 0.15) is 17.2 Å². The minimum atomic E-state index is -2.53. The fourth-order valence-corrected chi connectivity index (χ4v) is 1.80. The lowest BCUT2D eigenvalue weighted by Crippen LogP contribution is -2.19. The molecular weight excluding hydrogens is 275 g/mol. The highest BCUT2D eigenvalue weighted by Crippen LogP contribution is 2.26. The van der Waals surface area contributed by atoms with Crippen LogP contribution in [0.4, 0.5) is 8.78 Å². The highest BCUT2D eigenvalue weighted by atomic mass is 79.9. The lowest BCUT2D eigenvalue weighted by atomic mass is 10.1. The zero-order valence-electron chi connectivity index (χ0n) is 7.51. The maximum absolute atomic E-state index is 12.2. The third-order valence-electron chi connectivity index (χ3n) is 1.79. The standard InChI is InChI=1S/C9H10BrF2N.ClH/c1-5-2-3-6(7(10)4-5)8(13)9(11)12;/h2-4,8-9H,13H2,1H3;1H/t8-;/m0./s1. The second-order valence-corrected chi connectivity index (χ2v) is 3.74. The Balaban J connectivity index is 0.00000169. The van der Waals surface area contributed by atoms with E-state index < -0.39 is 12.5 Å². The van der Waals surface area contributed by atoms with Crippen molar-refractivity contribution in [3.63, 3.8) is 0 Å². The first kappa shape index (κ1) is 13.8. The van der Waals surface area contributed by atoms with Gasteiger partial charge in [0, 0.05) is 4.47 Å². The molecule has 0 amide bonds. The van der Waals surface area contributed by atoms with Crippen LogP contribution in [-0.2, 0) is 0 Å². The normalized spacial score (nSPS) is 12.4. The van der Waals surface area contributed by atoms with Gasteiger partial charge < -0.3 is 5.73 Å². The molecule has 0 bridgehead atoms. The summed E-state index contributed by atoms with van der Waals surface area (Å²) in [6.45, 7) is 1.89. The summed E-state index contributed by atoms with van der Waals surface area (Å²) in [6.07, 6.45) is -2.53. The molecule has 1 nitrogen and oxygen atoms in total. The quantitative estimate of drug-likeness (QED) is 0.885. The number of nitrogens with two attached hydrogens (primary N) is 1. The Labute approximate surface area is 96.2 Å². The molecule has 1 aromatic carbocycles. The van der Waals surface area contributed by atoms with Crippen molar-refractivity contribution in [2.75, 3.05) is 0 Å². The third kappa shape index (κ3) is 3.19. The smallest absolute Gasteiger partial charge is 0.257 e. The SMILES string of the molecule is Cc1ccc([C@H](N)C(F)F)c(Br)c1.Cl. The van der Waals surface area contributed by atoms with Crippen LogP contribution in [0.2, 0.25) is 0 Å². The van der Waals surface area contributed by atoms with Crippen LogP contribution in [-0.4, -0.2) is 6.43 Å². The fraction of sp³-hybridized carbons (Fsp3) is 0.333. The van der Waals surface area contributed by atoms with Crippen molar-refractivity contribution in [2.24, 2.45) is 5.73 Å². The Bertz CT molecular complexity index is 307. The van der Waals surface area contributed by atoms with Gasteiger partial charge in [-0.3, -0.25) is 0 Å². The van der Waals surface area contributed by atoms with E-state index in [4.69, 9.17) is 5.73 Å². The minimum absolute atomic E-state index is 0. The Morgan fingerprint density at radius 1 is 1.36 bits per heavy atom. The highest BCUT2D eigenvalue weighted by molar-refractivity contribution is 9.10. The van der Waals surface area contributed by atoms with Gasteiger partial charge >= 0.3 is 0 Å². The van der Waals surface area contributed by atoms with Gasteiger partial charge in [-0.05, 0) is 24.1 Å². The van der Waals surface area contributed by atoms with Gasteiger partial charge in [-0.25, -0.2) is 8.78 Å². The van der Waals surface area contributed by atoms with Crippen LogP contribution in [0.25, 0.3) is 0 Å². The van der Waals surface area contributed by atoms with E-state index in [1.54, 1.807) is 18.2 Å². The van der Waals surface area contributed by atoms with Crippen LogP contribution in [0, 0.1) is 6.92 Å². The summed E-state index contributed by atoms with van der Waals surface area (Å²) in [7, 11) is 0. The Morgan fingerprint density at radius 3 is 2.36 bits per heavy atom. The molecule has 0 spiro atoms. The average Bonchev–Trinajstić information content (AvgIpc) is 2.03. The first-order valence-corrected chi connectivity index (χ1v) is 4.61. The molecule has 0 fully saturated rings. The molecule has 1 atom stereocenters. The van der Waals surface area contributed by atoms with Gasteiger partial charge in [-0.2, -0.15) is 0 Å². The molecule has 0 aliphatic heterocycles. The van der Waals surface area contributed by atoms with Gasteiger partial charge in [0.05, 0.1) is 6.04 Å². The van der Waals surface area contributed by atoms with Crippen molar-refractivity contribution in [2.45, 2.75) is 19.4 Å². The molecular formula is C9H11BrClF2N. The van der Waals surface area contributed by atoms with E-state index in [0.717, 1.165) is 5.56 Å². The van der Waals surface area contributed by atoms with Crippen molar-refractivity contribution in [1.29, 1.82) is 0 Å². The number of halogens is 4. The van der Waals surface area contributed by atoms with E-state index in [9.17, 15) is 8.78 Å². The molecule has 0 unspecified atom stereocenters. The molecule has 14 heavy (non-hydrogen) atoms. The number of hydrogen-bond donors (Lipinski definition) is 1. The van der Waals surface area contributed by atoms with E-state index in [1.165, 1.54) is 0 Å². The summed E-state index contributed by atoms with van der Waals surface area (Å²) in [5.41, 5.74) is 6.76. The molecule has 0 aromatic heterocycles. The predicted octanol–water partition coefficient (Wildman–Crippen LogP) is 3.44. The molecule has 0 radical (unpaired) electrons. The first-order valence-electron chi connectivity index (χ1n) is 3.82. The van der Waals surface area contributed by atoms with Gasteiger partial charge in [0.15, 0.2) is 0 Å². The number of benzene rings is 1. The molecule has 1 rings (SSSR count). The zero-order valence-corrected chi connectivity index (χ0v) is 9.91. The molecule has 2 N–H and O–H groups in total. The van der Waals surface area contributed by atoms with Gasteiger partial charge in [0.25, 0.3) is 6.43 Å². The summed E-state index contributed by atoms with van der Waals surface area (Å²) < 4.78 is 25.1. The van der Waals surface area contributed by atoms with Gasteiger partial charge in [-0.15, -0.1) is 12.4 Å². The number of rotatable bonds is 2. The summed E-state index contributed by atoms with van der Waals surface area (Å²) >= 11 is 3.20. The van der Waals surface area contributed by atoms with Gasteiger partial charge in [-0.1, -0.05) is 28.1 Å². The van der Waals surface area contributed by atoms with Gasteiger partial charge in [0.1, 0.15) is 0 Å². The van der Waals surface area contributed by atoms with Crippen molar-refractivity contribution >= 4 is 28.3 Å². The van der Waals surface area contributed by atoms with Crippen molar-refractivity contribution in [1.82, 2.24) is 0 Å². The lowest BCUT2D eigenvalue weighted by Gasteiger charge is -2.12. The number of hydrogen-bond acceptors (Lipinski definition) is 1. The van der Waals surface area contributed by atoms with Crippen LogP contribution < -0.4 is 5.73 Å². The van der Waals surface area contributed by atoms with Crippen LogP contribution in [0.15, 0.2) is 22.7 Å². The Kier molecular flexibility index (Phi) is 5.56. The second kappa shape index (κ2) is 5.63. The van der Waals surface area contributed by atoms with E-state index in [2.05, 4.69) is 15.9 Å². The first-order chi connectivity index (χ1) is 6.02. The maximum atomic E-state index is 12.2. The van der Waals surface area contributed by atoms with Crippen LogP contribution >= 0.6 is 28.3 Å². The molecule has 1 aromatic rings. The maximum Gasteiger partial charge on any atom is 0.257 e. The molecule has 0 aliphatic carbocycles. The third-order valence-corrected chi connectivity index (χ3v) is 2.47. The number of alkyl halides is 2. The highest BCUT2D eigenvalue weighted by Gasteiger charge is 2.19. The molecule has 0 heterocycles. The molecule has 0 saturated heterocycles. The van der Waals surface area contributed by atoms with E-state index in [-0.39, 0.29) is 12.4 Å². The minimum Gasteiger partial charge on any atom is -0.319 e. The van der Waals surface area contributed by atoms with E-state index in [0.29, 0.717) is 10.0 Å². The molecule has 0 saturated carbocycles. The van der Waals surface area contributed by atoms with Gasteiger partial charge in [0.2, 0.25) is 0 Å². The van der Waals surface area contributed by atoms with E-state index >= 15 is 0 Å². The Morgan fingerprint density at radius 2 is 1.93 bits per heavy atom. The molecule has 5 heteroatoms. The van der Waals surface area contributed by atoms with Crippen molar-refractivity contribution < 1.29 is 8.78 Å². The summed E-state index contributed by atoms with van der Waals surface area (Å²) in [5.74, 6) is 0. The van der Waals surface area contributed by atoms with Crippen molar-refractivity contribution in [3.8, 4) is 0 Å². The monoisotopic (exact) mass is 285 g/mol. The summed E-state index contributed by atoms with van der Waals surface area (Å²) in [6, 6.07) is 3.95. The fourth-order valence-electron chi connectivity index (χ4n) is 1.04. The van der Waals surface area contributed by atoms with Crippen LogP contribution in [0.3, 0.4) is 0 Å². The zero-order chi connectivity index (χ0) is 10.0. The lowest BCUT2D eigenvalue weighted by molar-refractivity contribution is 0.116. The summed E-state index contributed by atoms with van der Waals surface area (Å²) in [5, 5.41) is 0. The van der Waals surface area contributed by atoms with Crippen LogP contribution in [0.5, 0.6) is 0 Å². The average molecular weight is 287 g/mol. The molecule has 0 aliphatic rings. The largest absolute Gasteiger partial charge is 0.319 e. The number of aryl methyl sites for hydroxylation is 1. The summed E-state index contributed by atoms with van der Waals surface area (Å²) in [4.78, 5) is 0. The topological polar surface area (TPSA) is 26.0 Å². The van der Waals surface area contributed by atoms with Crippen molar-refractivity contribution in [3.05, 3.63) is 33.8 Å².